The number of rotatable bonds is 12. The first-order chi connectivity index (χ1) is 32.3. The summed E-state index contributed by atoms with van der Waals surface area (Å²) in [4.78, 5) is 42.9. The maximum absolute atomic E-state index is 13.4. The average Bonchev–Trinajstić information content (AvgIpc) is 4.18. The summed E-state index contributed by atoms with van der Waals surface area (Å²) in [5.74, 6) is 0.0591. The number of halogens is 2. The summed E-state index contributed by atoms with van der Waals surface area (Å²) >= 11 is 14.8. The van der Waals surface area contributed by atoms with Gasteiger partial charge >= 0.3 is 0 Å². The van der Waals surface area contributed by atoms with E-state index in [1.165, 1.54) is 62.5 Å². The van der Waals surface area contributed by atoms with Crippen LogP contribution < -0.4 is 28.6 Å². The number of hydrogen-bond acceptors (Lipinski definition) is 12. The number of fused-ring (bicyclic) bond motifs is 2. The lowest BCUT2D eigenvalue weighted by molar-refractivity contribution is -0.119. The van der Waals surface area contributed by atoms with Crippen molar-refractivity contribution in [2.24, 2.45) is 0 Å². The number of hydrogen-bond donors (Lipinski definition) is 1. The molecule has 0 aliphatic carbocycles. The Morgan fingerprint density at radius 3 is 1.67 bits per heavy atom. The van der Waals surface area contributed by atoms with Crippen molar-refractivity contribution in [2.75, 3.05) is 61.4 Å². The fraction of sp³-hybridized carbons (Fsp3) is 0.277. The number of aromatic nitrogens is 2. The summed E-state index contributed by atoms with van der Waals surface area (Å²) in [6.45, 7) is 6.62. The highest BCUT2D eigenvalue weighted by Crippen LogP contribution is 2.37. The molecule has 0 unspecified atom stereocenters. The van der Waals surface area contributed by atoms with Gasteiger partial charge in [0.15, 0.2) is 10.3 Å². The van der Waals surface area contributed by atoms with Crippen molar-refractivity contribution < 1.29 is 26.4 Å². The van der Waals surface area contributed by atoms with Gasteiger partial charge in [0.05, 0.1) is 16.3 Å². The van der Waals surface area contributed by atoms with Crippen molar-refractivity contribution in [1.82, 2.24) is 9.97 Å². The highest BCUT2D eigenvalue weighted by Gasteiger charge is 2.40. The molecule has 20 heteroatoms. The van der Waals surface area contributed by atoms with E-state index in [1.54, 1.807) is 63.2 Å². The van der Waals surface area contributed by atoms with Crippen LogP contribution in [-0.4, -0.2) is 83.4 Å². The van der Waals surface area contributed by atoms with Crippen molar-refractivity contribution >= 4 is 111 Å². The Kier molecular flexibility index (Phi) is 13.6. The Balaban J connectivity index is 0.000000169. The number of benzene rings is 4. The highest BCUT2D eigenvalue weighted by atomic mass is 35.5. The van der Waals surface area contributed by atoms with Crippen LogP contribution in [0, 0.1) is 0 Å². The third-order valence-electron chi connectivity index (χ3n) is 12.3. The third kappa shape index (κ3) is 9.65. The van der Waals surface area contributed by atoms with Crippen LogP contribution in [0.4, 0.5) is 33.0 Å². The molecule has 348 valence electrons. The van der Waals surface area contributed by atoms with Gasteiger partial charge in [0.25, 0.3) is 20.0 Å². The van der Waals surface area contributed by atoms with Crippen LogP contribution >= 0.6 is 45.9 Å². The van der Waals surface area contributed by atoms with Gasteiger partial charge in [0.2, 0.25) is 11.8 Å². The summed E-state index contributed by atoms with van der Waals surface area (Å²) < 4.78 is 55.3. The molecule has 0 saturated carbocycles. The molecule has 6 aromatic rings. The topological polar surface area (TPSA) is 156 Å². The van der Waals surface area contributed by atoms with Gasteiger partial charge in [-0.1, -0.05) is 29.3 Å². The van der Waals surface area contributed by atoms with Crippen LogP contribution in [0.15, 0.2) is 131 Å². The highest BCUT2D eigenvalue weighted by molar-refractivity contribution is 7.93. The minimum Gasteiger partial charge on any atom is -0.359 e. The van der Waals surface area contributed by atoms with E-state index in [9.17, 15) is 26.4 Å². The molecule has 6 heterocycles. The summed E-state index contributed by atoms with van der Waals surface area (Å²) in [6.07, 6.45) is 9.93. The molecule has 0 radical (unpaired) electrons. The standard InChI is InChI=1S/C25H25ClN4O3S2.C22H21ClN4O3S2/c1-2-13-30(25-27-12-16-34-25)35(32,33)21-8-6-20(7-9-21)28-15-11-23(24(28)31)29-14-3-4-18-17-19(26)5-10-22(18)29;23-16-3-8-19-15(14-16)2-1-11-27(19)20-9-12-26(21(20)28)17-4-6-18(7-5-17)32(29,30)25-22-24-10-13-31-22/h2,5-10,12,16-17,23H,1,3-4,11,13-15H2;3-8,10,13-14,20H,1-2,9,11-12H2,(H,24,25)/t23-;20-/m00/s1. The number of thiazole rings is 2. The largest absolute Gasteiger partial charge is 0.359 e. The first-order valence-corrected chi connectivity index (χ1v) is 27.1. The van der Waals surface area contributed by atoms with E-state index in [1.807, 2.05) is 36.4 Å². The third-order valence-corrected chi connectivity index (χ3v) is 17.6. The number of aryl methyl sites for hydroxylation is 2. The van der Waals surface area contributed by atoms with Crippen molar-refractivity contribution in [3.63, 3.8) is 0 Å². The molecule has 4 aromatic carbocycles. The van der Waals surface area contributed by atoms with Gasteiger partial charge in [-0.2, -0.15) is 0 Å². The molecular weight excluding hydrogens is 972 g/mol. The Bertz CT molecular complexity index is 3000. The summed E-state index contributed by atoms with van der Waals surface area (Å²) in [7, 11) is -7.54. The number of anilines is 6. The van der Waals surface area contributed by atoms with E-state index < -0.39 is 20.0 Å². The Morgan fingerprint density at radius 2 is 1.19 bits per heavy atom. The SMILES string of the molecule is C=CCN(c1nccs1)S(=O)(=O)c1ccc(N2CC[C@H](N3CCCc4cc(Cl)ccc43)C2=O)cc1.O=C1[C@@H](N2CCCc3cc(Cl)ccc32)CCN1c1ccc(S(=O)(=O)Nc2nccs2)cc1. The van der Waals surface area contributed by atoms with Crippen LogP contribution in [0.5, 0.6) is 0 Å². The van der Waals surface area contributed by atoms with Gasteiger partial charge < -0.3 is 19.6 Å². The Labute approximate surface area is 408 Å². The smallest absolute Gasteiger partial charge is 0.266 e. The lowest BCUT2D eigenvalue weighted by Gasteiger charge is -2.35. The maximum atomic E-state index is 13.4. The minimum atomic E-state index is -3.82. The van der Waals surface area contributed by atoms with E-state index in [0.717, 1.165) is 50.1 Å². The molecule has 2 aromatic heterocycles. The number of amides is 2. The van der Waals surface area contributed by atoms with Crippen molar-refractivity contribution in [1.29, 1.82) is 0 Å². The predicted octanol–water partition coefficient (Wildman–Crippen LogP) is 8.89. The second-order valence-corrected chi connectivity index (χ2v) is 22.5. The minimum absolute atomic E-state index is 0.0273. The van der Waals surface area contributed by atoms with Gasteiger partial charge in [-0.05, 0) is 135 Å². The molecule has 4 aliphatic rings. The van der Waals surface area contributed by atoms with Crippen LogP contribution in [0.3, 0.4) is 0 Å². The number of nitrogens with one attached hydrogen (secondary N) is 1. The molecule has 2 saturated heterocycles. The molecule has 1 N–H and O–H groups in total. The molecule has 10 rings (SSSR count). The van der Waals surface area contributed by atoms with E-state index in [0.29, 0.717) is 57.6 Å². The maximum Gasteiger partial charge on any atom is 0.266 e. The van der Waals surface area contributed by atoms with E-state index in [2.05, 4.69) is 31.1 Å². The van der Waals surface area contributed by atoms with Gasteiger partial charge in [0.1, 0.15) is 12.1 Å². The lowest BCUT2D eigenvalue weighted by atomic mass is 9.99. The Hall–Kier alpha value is -5.50. The summed E-state index contributed by atoms with van der Waals surface area (Å²) in [5, 5.41) is 5.55. The van der Waals surface area contributed by atoms with Gasteiger partial charge in [-0.15, -0.1) is 29.3 Å². The zero-order chi connectivity index (χ0) is 46.9. The molecule has 0 bridgehead atoms. The molecule has 2 atom stereocenters. The zero-order valence-corrected chi connectivity index (χ0v) is 40.9. The average molecular weight is 1020 g/mol. The normalized spacial score (nSPS) is 18.3. The van der Waals surface area contributed by atoms with Crippen LogP contribution in [0.2, 0.25) is 10.0 Å². The molecule has 0 spiro atoms. The Morgan fingerprint density at radius 1 is 0.687 bits per heavy atom. The number of sulfonamides is 2. The molecule has 2 amide bonds. The van der Waals surface area contributed by atoms with E-state index in [4.69, 9.17) is 23.2 Å². The van der Waals surface area contributed by atoms with Crippen LogP contribution in [0.25, 0.3) is 0 Å². The quantitative estimate of drug-likeness (QED) is 0.118. The zero-order valence-electron chi connectivity index (χ0n) is 36.1. The molecule has 2 fully saturated rings. The van der Waals surface area contributed by atoms with Crippen molar-refractivity contribution in [2.45, 2.75) is 60.4 Å². The van der Waals surface area contributed by atoms with Crippen molar-refractivity contribution in [3.8, 4) is 0 Å². The van der Waals surface area contributed by atoms with Crippen LogP contribution in [-0.2, 0) is 42.5 Å². The fourth-order valence-electron chi connectivity index (χ4n) is 9.17. The van der Waals surface area contributed by atoms with Gasteiger partial charge in [-0.25, -0.2) is 31.1 Å². The lowest BCUT2D eigenvalue weighted by Crippen LogP contribution is -2.44. The number of nitrogens with zero attached hydrogens (tertiary/aromatic N) is 7. The molecule has 67 heavy (non-hydrogen) atoms. The van der Waals surface area contributed by atoms with Crippen LogP contribution in [0.1, 0.15) is 36.8 Å². The summed E-state index contributed by atoms with van der Waals surface area (Å²) in [6, 6.07) is 24.1. The predicted molar refractivity (Wildman–Crippen MR) is 268 cm³/mol. The molecular formula is C47H46Cl2N8O6S4. The first kappa shape index (κ1) is 46.6. The first-order valence-electron chi connectivity index (χ1n) is 21.7. The fourth-order valence-corrected chi connectivity index (χ4v) is 13.6. The second kappa shape index (κ2) is 19.6. The van der Waals surface area contributed by atoms with E-state index >= 15 is 0 Å². The second-order valence-electron chi connectivity index (χ2n) is 16.3. The van der Waals surface area contributed by atoms with Crippen molar-refractivity contribution in [3.05, 3.63) is 142 Å². The van der Waals surface area contributed by atoms with E-state index in [-0.39, 0.29) is 40.2 Å². The number of carbonyl (C=O) groups is 2. The van der Waals surface area contributed by atoms with Gasteiger partial charge in [-0.3, -0.25) is 14.3 Å². The monoisotopic (exact) mass is 1020 g/mol. The summed E-state index contributed by atoms with van der Waals surface area (Å²) in [5.41, 5.74) is 5.89. The number of carbonyl (C=O) groups excluding carboxylic acids is 2. The molecule has 14 nitrogen and oxygen atoms in total. The molecule has 4 aliphatic heterocycles. The van der Waals surface area contributed by atoms with Gasteiger partial charge in [0, 0.05) is 82.1 Å².